The van der Waals surface area contributed by atoms with E-state index in [9.17, 15) is 0 Å². The Labute approximate surface area is 101 Å². The zero-order chi connectivity index (χ0) is 12.3. The van der Waals surface area contributed by atoms with Gasteiger partial charge in [-0.2, -0.15) is 5.10 Å². The molecule has 0 radical (unpaired) electrons. The average Bonchev–Trinajstić information content (AvgIpc) is 2.73. The summed E-state index contributed by atoms with van der Waals surface area (Å²) in [5, 5.41) is 7.67. The fraction of sp³-hybridized carbons (Fsp3) is 0.333. The SMILES string of the molecule is CNC(Cc1ccnc(N)c1)c1ccn(C)n1. The summed E-state index contributed by atoms with van der Waals surface area (Å²) < 4.78 is 1.81. The largest absolute Gasteiger partial charge is 0.384 e. The molecule has 1 unspecified atom stereocenters. The maximum Gasteiger partial charge on any atom is 0.123 e. The molecule has 1 atom stereocenters. The highest BCUT2D eigenvalue weighted by Crippen LogP contribution is 2.16. The Morgan fingerprint density at radius 1 is 1.47 bits per heavy atom. The van der Waals surface area contributed by atoms with Crippen LogP contribution in [0.2, 0.25) is 0 Å². The van der Waals surface area contributed by atoms with Crippen molar-refractivity contribution < 1.29 is 0 Å². The monoisotopic (exact) mass is 231 g/mol. The molecule has 5 nitrogen and oxygen atoms in total. The summed E-state index contributed by atoms with van der Waals surface area (Å²) >= 11 is 0. The second-order valence-electron chi connectivity index (χ2n) is 4.05. The van der Waals surface area contributed by atoms with E-state index < -0.39 is 0 Å². The molecule has 0 saturated heterocycles. The predicted octanol–water partition coefficient (Wildman–Crippen LogP) is 0.900. The van der Waals surface area contributed by atoms with Crippen LogP contribution in [0.4, 0.5) is 5.82 Å². The molecule has 2 aromatic rings. The summed E-state index contributed by atoms with van der Waals surface area (Å²) in [6.07, 6.45) is 4.52. The first-order chi connectivity index (χ1) is 8.19. The van der Waals surface area contributed by atoms with E-state index in [1.807, 2.05) is 38.5 Å². The normalized spacial score (nSPS) is 12.6. The molecule has 0 aliphatic heterocycles. The van der Waals surface area contributed by atoms with Crippen LogP contribution in [-0.2, 0) is 13.5 Å². The predicted molar refractivity (Wildman–Crippen MR) is 67.4 cm³/mol. The lowest BCUT2D eigenvalue weighted by molar-refractivity contribution is 0.563. The lowest BCUT2D eigenvalue weighted by Gasteiger charge is -2.13. The second kappa shape index (κ2) is 4.97. The fourth-order valence-corrected chi connectivity index (χ4v) is 1.83. The van der Waals surface area contributed by atoms with Crippen molar-refractivity contribution in [2.24, 2.45) is 7.05 Å². The van der Waals surface area contributed by atoms with Crippen LogP contribution >= 0.6 is 0 Å². The molecule has 0 aliphatic carbocycles. The number of hydrogen-bond donors (Lipinski definition) is 2. The summed E-state index contributed by atoms with van der Waals surface area (Å²) in [5.41, 5.74) is 7.86. The van der Waals surface area contributed by atoms with Crippen molar-refractivity contribution in [2.45, 2.75) is 12.5 Å². The maximum atomic E-state index is 5.67. The number of nitrogens with one attached hydrogen (secondary N) is 1. The molecule has 17 heavy (non-hydrogen) atoms. The Bertz CT molecular complexity index is 491. The summed E-state index contributed by atoms with van der Waals surface area (Å²) in [4.78, 5) is 3.99. The van der Waals surface area contributed by atoms with Gasteiger partial charge >= 0.3 is 0 Å². The van der Waals surface area contributed by atoms with E-state index in [2.05, 4.69) is 15.4 Å². The lowest BCUT2D eigenvalue weighted by Crippen LogP contribution is -2.19. The zero-order valence-corrected chi connectivity index (χ0v) is 10.1. The van der Waals surface area contributed by atoms with Gasteiger partial charge in [-0.1, -0.05) is 0 Å². The number of likely N-dealkylation sites (N-methyl/N-ethyl adjacent to an activating group) is 1. The first kappa shape index (κ1) is 11.6. The van der Waals surface area contributed by atoms with Gasteiger partial charge in [-0.05, 0) is 37.2 Å². The molecule has 0 fully saturated rings. The fourth-order valence-electron chi connectivity index (χ4n) is 1.83. The third kappa shape index (κ3) is 2.82. The van der Waals surface area contributed by atoms with Gasteiger partial charge in [-0.15, -0.1) is 0 Å². The molecule has 0 bridgehead atoms. The van der Waals surface area contributed by atoms with Crippen LogP contribution in [0, 0.1) is 0 Å². The quantitative estimate of drug-likeness (QED) is 0.820. The number of aryl methyl sites for hydroxylation is 1. The molecule has 0 aromatic carbocycles. The number of anilines is 1. The van der Waals surface area contributed by atoms with Crippen LogP contribution in [0.15, 0.2) is 30.6 Å². The van der Waals surface area contributed by atoms with Gasteiger partial charge in [0.05, 0.1) is 11.7 Å². The summed E-state index contributed by atoms with van der Waals surface area (Å²) in [7, 11) is 3.85. The Balaban J connectivity index is 2.15. The molecular formula is C12H17N5. The Morgan fingerprint density at radius 3 is 2.88 bits per heavy atom. The van der Waals surface area contributed by atoms with Crippen molar-refractivity contribution in [1.29, 1.82) is 0 Å². The number of aromatic nitrogens is 3. The summed E-state index contributed by atoms with van der Waals surface area (Å²) in [5.74, 6) is 0.554. The van der Waals surface area contributed by atoms with Crippen molar-refractivity contribution >= 4 is 5.82 Å². The molecule has 90 valence electrons. The second-order valence-corrected chi connectivity index (χ2v) is 4.05. The lowest BCUT2D eigenvalue weighted by atomic mass is 10.0. The summed E-state index contributed by atoms with van der Waals surface area (Å²) in [6.45, 7) is 0. The van der Waals surface area contributed by atoms with Crippen molar-refractivity contribution in [2.75, 3.05) is 12.8 Å². The highest BCUT2D eigenvalue weighted by molar-refractivity contribution is 5.32. The third-order valence-corrected chi connectivity index (χ3v) is 2.73. The van der Waals surface area contributed by atoms with Gasteiger partial charge in [0, 0.05) is 19.4 Å². The molecule has 2 rings (SSSR count). The molecule has 0 saturated carbocycles. The molecule has 2 aromatic heterocycles. The van der Waals surface area contributed by atoms with Crippen molar-refractivity contribution in [3.8, 4) is 0 Å². The smallest absolute Gasteiger partial charge is 0.123 e. The maximum absolute atomic E-state index is 5.67. The Hall–Kier alpha value is -1.88. The van der Waals surface area contributed by atoms with Gasteiger partial charge in [-0.25, -0.2) is 4.98 Å². The number of pyridine rings is 1. The average molecular weight is 231 g/mol. The van der Waals surface area contributed by atoms with Crippen LogP contribution in [0.3, 0.4) is 0 Å². The highest BCUT2D eigenvalue weighted by Gasteiger charge is 2.12. The van der Waals surface area contributed by atoms with E-state index in [1.54, 1.807) is 10.9 Å². The highest BCUT2D eigenvalue weighted by atomic mass is 15.3. The minimum atomic E-state index is 0.193. The van der Waals surface area contributed by atoms with Crippen LogP contribution < -0.4 is 11.1 Å². The molecule has 2 heterocycles. The minimum Gasteiger partial charge on any atom is -0.384 e. The Morgan fingerprint density at radius 2 is 2.29 bits per heavy atom. The number of hydrogen-bond acceptors (Lipinski definition) is 4. The Kier molecular flexibility index (Phi) is 3.39. The zero-order valence-electron chi connectivity index (χ0n) is 10.1. The first-order valence-corrected chi connectivity index (χ1v) is 5.56. The standard InChI is InChI=1S/C12H17N5/c1-14-11(10-4-6-17(2)16-10)7-9-3-5-15-12(13)8-9/h3-6,8,11,14H,7H2,1-2H3,(H2,13,15). The van der Waals surface area contributed by atoms with Crippen molar-refractivity contribution in [3.63, 3.8) is 0 Å². The van der Waals surface area contributed by atoms with Crippen LogP contribution in [-0.4, -0.2) is 21.8 Å². The number of rotatable bonds is 4. The third-order valence-electron chi connectivity index (χ3n) is 2.73. The van der Waals surface area contributed by atoms with E-state index in [4.69, 9.17) is 5.73 Å². The first-order valence-electron chi connectivity index (χ1n) is 5.56. The molecule has 3 N–H and O–H groups in total. The van der Waals surface area contributed by atoms with E-state index >= 15 is 0 Å². The molecule has 5 heteroatoms. The van der Waals surface area contributed by atoms with Crippen LogP contribution in [0.1, 0.15) is 17.3 Å². The van der Waals surface area contributed by atoms with E-state index in [0.29, 0.717) is 5.82 Å². The van der Waals surface area contributed by atoms with Crippen LogP contribution in [0.25, 0.3) is 0 Å². The molecule has 0 amide bonds. The van der Waals surface area contributed by atoms with Crippen molar-refractivity contribution in [3.05, 3.63) is 41.9 Å². The molecule has 0 aliphatic rings. The van der Waals surface area contributed by atoms with Crippen LogP contribution in [0.5, 0.6) is 0 Å². The van der Waals surface area contributed by atoms with E-state index in [-0.39, 0.29) is 6.04 Å². The van der Waals surface area contributed by atoms with Gasteiger partial charge in [0.2, 0.25) is 0 Å². The van der Waals surface area contributed by atoms with Gasteiger partial charge < -0.3 is 11.1 Å². The van der Waals surface area contributed by atoms with E-state index in [0.717, 1.165) is 17.7 Å². The molecular weight excluding hydrogens is 214 g/mol. The van der Waals surface area contributed by atoms with Gasteiger partial charge in [0.15, 0.2) is 0 Å². The summed E-state index contributed by atoms with van der Waals surface area (Å²) in [6, 6.07) is 6.08. The van der Waals surface area contributed by atoms with Gasteiger partial charge in [-0.3, -0.25) is 4.68 Å². The van der Waals surface area contributed by atoms with Gasteiger partial charge in [0.1, 0.15) is 5.82 Å². The topological polar surface area (TPSA) is 68.8 Å². The minimum absolute atomic E-state index is 0.193. The number of nitrogen functional groups attached to an aromatic ring is 1. The number of nitrogens with two attached hydrogens (primary N) is 1. The van der Waals surface area contributed by atoms with Gasteiger partial charge in [0.25, 0.3) is 0 Å². The van der Waals surface area contributed by atoms with E-state index in [1.165, 1.54) is 0 Å². The number of nitrogens with zero attached hydrogens (tertiary/aromatic N) is 3. The van der Waals surface area contributed by atoms with Crippen molar-refractivity contribution in [1.82, 2.24) is 20.1 Å². The molecule has 0 spiro atoms.